The summed E-state index contributed by atoms with van der Waals surface area (Å²) in [5.74, 6) is 0. The minimum Gasteiger partial charge on any atom is -0.387 e. The Morgan fingerprint density at radius 2 is 1.86 bits per heavy atom. The van der Waals surface area contributed by atoms with Crippen LogP contribution in [0.15, 0.2) is 24.3 Å². The van der Waals surface area contributed by atoms with Crippen LogP contribution in [0.1, 0.15) is 11.7 Å². The molecule has 0 radical (unpaired) electrons. The fourth-order valence-corrected chi connectivity index (χ4v) is 1.37. The molecule has 1 aromatic rings. The number of carbonyl (C=O) groups excluding carboxylic acids is 1. The molecule has 21 heavy (non-hydrogen) atoms. The van der Waals surface area contributed by atoms with Gasteiger partial charge in [0, 0.05) is 18.7 Å². The lowest BCUT2D eigenvalue weighted by atomic mass is 10.1. The number of alkyl halides is 3. The van der Waals surface area contributed by atoms with Crippen LogP contribution in [0.25, 0.3) is 0 Å². The Hall–Kier alpha value is -2.36. The van der Waals surface area contributed by atoms with Gasteiger partial charge in [-0.25, -0.2) is 4.79 Å². The van der Waals surface area contributed by atoms with Crippen LogP contribution in [-0.4, -0.2) is 35.3 Å². The van der Waals surface area contributed by atoms with Gasteiger partial charge in [0.1, 0.15) is 6.54 Å². The van der Waals surface area contributed by atoms with Gasteiger partial charge in [-0.2, -0.15) is 13.2 Å². The van der Waals surface area contributed by atoms with Crippen molar-refractivity contribution in [3.8, 4) is 0 Å². The van der Waals surface area contributed by atoms with Crippen molar-refractivity contribution in [2.24, 2.45) is 0 Å². The summed E-state index contributed by atoms with van der Waals surface area (Å²) in [7, 11) is 0. The van der Waals surface area contributed by atoms with Crippen LogP contribution in [0.5, 0.6) is 0 Å². The Labute approximate surface area is 116 Å². The molecule has 0 saturated heterocycles. The maximum absolute atomic E-state index is 11.8. The highest BCUT2D eigenvalue weighted by molar-refractivity contribution is 5.73. The first-order valence-corrected chi connectivity index (χ1v) is 5.70. The standard InChI is InChI=1S/C11H12F3N3O4/c12-11(13,14)6-16-10(19)15-5-9(18)7-1-3-8(4-2-7)17(20)21/h1-4,9,18H,5-6H2,(H2,15,16,19)/t9-/m0/s1. The molecule has 0 spiro atoms. The number of non-ortho nitro benzene ring substituents is 1. The van der Waals surface area contributed by atoms with E-state index in [-0.39, 0.29) is 17.8 Å². The van der Waals surface area contributed by atoms with Gasteiger partial charge in [-0.3, -0.25) is 10.1 Å². The number of aliphatic hydroxyl groups is 1. The normalized spacial score (nSPS) is 12.6. The smallest absolute Gasteiger partial charge is 0.387 e. The molecule has 1 atom stereocenters. The molecule has 116 valence electrons. The van der Waals surface area contributed by atoms with E-state index in [9.17, 15) is 33.2 Å². The van der Waals surface area contributed by atoms with E-state index < -0.39 is 29.8 Å². The molecular formula is C11H12F3N3O4. The third-order valence-corrected chi connectivity index (χ3v) is 2.39. The van der Waals surface area contributed by atoms with Gasteiger partial charge in [0.15, 0.2) is 0 Å². The fraction of sp³-hybridized carbons (Fsp3) is 0.364. The molecule has 0 bridgehead atoms. The Bertz CT molecular complexity index is 504. The van der Waals surface area contributed by atoms with Crippen LogP contribution in [0.4, 0.5) is 23.7 Å². The Morgan fingerprint density at radius 3 is 2.33 bits per heavy atom. The van der Waals surface area contributed by atoms with Gasteiger partial charge in [0.2, 0.25) is 0 Å². The zero-order valence-corrected chi connectivity index (χ0v) is 10.6. The fourth-order valence-electron chi connectivity index (χ4n) is 1.37. The molecule has 10 heteroatoms. The third-order valence-electron chi connectivity index (χ3n) is 2.39. The second-order valence-corrected chi connectivity index (χ2v) is 4.04. The topological polar surface area (TPSA) is 104 Å². The van der Waals surface area contributed by atoms with Crippen molar-refractivity contribution in [2.75, 3.05) is 13.1 Å². The molecular weight excluding hydrogens is 295 g/mol. The van der Waals surface area contributed by atoms with E-state index in [4.69, 9.17) is 0 Å². The number of amides is 2. The van der Waals surface area contributed by atoms with Crippen LogP contribution in [0, 0.1) is 10.1 Å². The van der Waals surface area contributed by atoms with Gasteiger partial charge in [-0.1, -0.05) is 0 Å². The van der Waals surface area contributed by atoms with Gasteiger partial charge >= 0.3 is 12.2 Å². The number of urea groups is 1. The Kier molecular flexibility index (Phi) is 5.47. The zero-order valence-electron chi connectivity index (χ0n) is 10.6. The predicted molar refractivity (Wildman–Crippen MR) is 65.5 cm³/mol. The number of carbonyl (C=O) groups is 1. The van der Waals surface area contributed by atoms with Gasteiger partial charge < -0.3 is 15.7 Å². The molecule has 0 aliphatic carbocycles. The van der Waals surface area contributed by atoms with Crippen molar-refractivity contribution < 1.29 is 28.0 Å². The molecule has 0 aliphatic heterocycles. The van der Waals surface area contributed by atoms with Crippen molar-refractivity contribution in [1.29, 1.82) is 0 Å². The van der Waals surface area contributed by atoms with E-state index in [0.29, 0.717) is 0 Å². The van der Waals surface area contributed by atoms with Crippen molar-refractivity contribution >= 4 is 11.7 Å². The number of nitro benzene ring substituents is 1. The Morgan fingerprint density at radius 1 is 1.29 bits per heavy atom. The number of nitrogens with zero attached hydrogens (tertiary/aromatic N) is 1. The molecule has 1 rings (SSSR count). The molecule has 0 aliphatic rings. The molecule has 0 fully saturated rings. The molecule has 1 aromatic carbocycles. The SMILES string of the molecule is O=C(NC[C@H](O)c1ccc([N+](=O)[O-])cc1)NCC(F)(F)F. The Balaban J connectivity index is 2.44. The number of nitro groups is 1. The monoisotopic (exact) mass is 307 g/mol. The van der Waals surface area contributed by atoms with Crippen LogP contribution in [-0.2, 0) is 0 Å². The van der Waals surface area contributed by atoms with Crippen molar-refractivity contribution in [3.05, 3.63) is 39.9 Å². The van der Waals surface area contributed by atoms with Crippen LogP contribution < -0.4 is 10.6 Å². The number of benzene rings is 1. The van der Waals surface area contributed by atoms with Crippen LogP contribution in [0.2, 0.25) is 0 Å². The quantitative estimate of drug-likeness (QED) is 0.566. The van der Waals surface area contributed by atoms with Crippen molar-refractivity contribution in [2.45, 2.75) is 12.3 Å². The highest BCUT2D eigenvalue weighted by Crippen LogP contribution is 2.17. The lowest BCUT2D eigenvalue weighted by Gasteiger charge is -2.13. The molecule has 0 saturated carbocycles. The zero-order chi connectivity index (χ0) is 16.0. The van der Waals surface area contributed by atoms with Crippen LogP contribution >= 0.6 is 0 Å². The average Bonchev–Trinajstić information content (AvgIpc) is 2.41. The molecule has 3 N–H and O–H groups in total. The highest BCUT2D eigenvalue weighted by Gasteiger charge is 2.27. The number of aliphatic hydroxyl groups excluding tert-OH is 1. The number of halogens is 3. The minimum absolute atomic E-state index is 0.165. The summed E-state index contributed by atoms with van der Waals surface area (Å²) in [6, 6.07) is 3.84. The first kappa shape index (κ1) is 16.7. The second-order valence-electron chi connectivity index (χ2n) is 4.04. The van der Waals surface area contributed by atoms with E-state index in [2.05, 4.69) is 5.32 Å². The van der Waals surface area contributed by atoms with Crippen LogP contribution in [0.3, 0.4) is 0 Å². The van der Waals surface area contributed by atoms with Gasteiger partial charge in [0.25, 0.3) is 5.69 Å². The van der Waals surface area contributed by atoms with Gasteiger partial charge in [-0.15, -0.1) is 0 Å². The highest BCUT2D eigenvalue weighted by atomic mass is 19.4. The largest absolute Gasteiger partial charge is 0.405 e. The molecule has 0 unspecified atom stereocenters. The van der Waals surface area contributed by atoms with Gasteiger partial charge in [-0.05, 0) is 17.7 Å². The average molecular weight is 307 g/mol. The van der Waals surface area contributed by atoms with E-state index in [1.54, 1.807) is 5.32 Å². The number of hydrogen-bond donors (Lipinski definition) is 3. The minimum atomic E-state index is -4.52. The molecule has 2 amide bonds. The number of nitrogens with one attached hydrogen (secondary N) is 2. The van der Waals surface area contributed by atoms with Gasteiger partial charge in [0.05, 0.1) is 11.0 Å². The number of hydrogen-bond acceptors (Lipinski definition) is 4. The number of rotatable bonds is 5. The van der Waals surface area contributed by atoms with E-state index in [1.807, 2.05) is 0 Å². The summed E-state index contributed by atoms with van der Waals surface area (Å²) < 4.78 is 35.5. The predicted octanol–water partition coefficient (Wildman–Crippen LogP) is 1.49. The van der Waals surface area contributed by atoms with Crippen molar-refractivity contribution in [1.82, 2.24) is 10.6 Å². The van der Waals surface area contributed by atoms with Crippen molar-refractivity contribution in [3.63, 3.8) is 0 Å². The summed E-state index contributed by atoms with van der Waals surface area (Å²) >= 11 is 0. The van der Waals surface area contributed by atoms with E-state index in [0.717, 1.165) is 0 Å². The summed E-state index contributed by atoms with van der Waals surface area (Å²) in [5, 5.41) is 23.8. The lowest BCUT2D eigenvalue weighted by molar-refractivity contribution is -0.384. The summed E-state index contributed by atoms with van der Waals surface area (Å²) in [4.78, 5) is 20.9. The summed E-state index contributed by atoms with van der Waals surface area (Å²) in [6.07, 6.45) is -5.71. The molecule has 7 nitrogen and oxygen atoms in total. The van der Waals surface area contributed by atoms with E-state index >= 15 is 0 Å². The van der Waals surface area contributed by atoms with E-state index in [1.165, 1.54) is 24.3 Å². The first-order chi connectivity index (χ1) is 9.69. The lowest BCUT2D eigenvalue weighted by Crippen LogP contribution is -2.42. The maximum atomic E-state index is 11.8. The maximum Gasteiger partial charge on any atom is 0.405 e. The molecule has 0 heterocycles. The summed E-state index contributed by atoms with van der Waals surface area (Å²) in [6.45, 7) is -1.81. The third kappa shape index (κ3) is 6.08. The summed E-state index contributed by atoms with van der Waals surface area (Å²) in [5.41, 5.74) is 0.124. The first-order valence-electron chi connectivity index (χ1n) is 5.70. The molecule has 0 aromatic heterocycles. The second kappa shape index (κ2) is 6.88.